The van der Waals surface area contributed by atoms with E-state index in [4.69, 9.17) is 0 Å². The number of aliphatic hydroxyl groups excluding tert-OH is 1. The van der Waals surface area contributed by atoms with Gasteiger partial charge in [-0.1, -0.05) is 19.1 Å². The Morgan fingerprint density at radius 3 is 2.84 bits per heavy atom. The lowest BCUT2D eigenvalue weighted by Crippen LogP contribution is -2.30. The van der Waals surface area contributed by atoms with Gasteiger partial charge >= 0.3 is 0 Å². The molecule has 0 radical (unpaired) electrons. The molecule has 1 atom stereocenters. The molecule has 1 unspecified atom stereocenters. The second-order valence-electron chi connectivity index (χ2n) is 5.16. The molecule has 0 aliphatic heterocycles. The number of benzene rings is 1. The predicted octanol–water partition coefficient (Wildman–Crippen LogP) is 2.36. The largest absolute Gasteiger partial charge is 0.387 e. The molecule has 0 amide bonds. The van der Waals surface area contributed by atoms with Gasteiger partial charge in [0, 0.05) is 25.2 Å². The summed E-state index contributed by atoms with van der Waals surface area (Å²) < 4.78 is 0. The first-order chi connectivity index (χ1) is 9.10. The molecule has 1 aliphatic rings. The van der Waals surface area contributed by atoms with Gasteiger partial charge < -0.3 is 10.0 Å². The summed E-state index contributed by atoms with van der Waals surface area (Å²) in [6.07, 6.45) is 1.89. The third-order valence-corrected chi connectivity index (χ3v) is 3.56. The summed E-state index contributed by atoms with van der Waals surface area (Å²) in [7, 11) is 0. The van der Waals surface area contributed by atoms with E-state index in [0.717, 1.165) is 19.0 Å². The van der Waals surface area contributed by atoms with Crippen LogP contribution in [0.5, 0.6) is 0 Å². The standard InChI is InChI=1S/C14H20N2O3/c1-2-15(9-11-6-7-11)10-14(17)12-4-3-5-13(8-12)16(18)19/h3-5,8,11,14,17H,2,6-7,9-10H2,1H3. The van der Waals surface area contributed by atoms with Crippen LogP contribution < -0.4 is 0 Å². The molecule has 1 saturated carbocycles. The molecule has 5 nitrogen and oxygen atoms in total. The monoisotopic (exact) mass is 264 g/mol. The fourth-order valence-electron chi connectivity index (χ4n) is 2.19. The third-order valence-electron chi connectivity index (χ3n) is 3.56. The molecule has 1 N–H and O–H groups in total. The molecular weight excluding hydrogens is 244 g/mol. The Morgan fingerprint density at radius 1 is 1.53 bits per heavy atom. The Balaban J connectivity index is 1.99. The van der Waals surface area contributed by atoms with Gasteiger partial charge in [-0.25, -0.2) is 0 Å². The summed E-state index contributed by atoms with van der Waals surface area (Å²) in [5.41, 5.74) is 0.644. The minimum absolute atomic E-state index is 0.0294. The molecule has 1 aromatic carbocycles. The third kappa shape index (κ3) is 4.01. The summed E-state index contributed by atoms with van der Waals surface area (Å²) in [4.78, 5) is 12.5. The van der Waals surface area contributed by atoms with E-state index < -0.39 is 11.0 Å². The SMILES string of the molecule is CCN(CC1CC1)CC(O)c1cccc([N+](=O)[O-])c1. The number of likely N-dealkylation sites (N-methyl/N-ethyl adjacent to an activating group) is 1. The minimum Gasteiger partial charge on any atom is -0.387 e. The average molecular weight is 264 g/mol. The number of hydrogen-bond donors (Lipinski definition) is 1. The van der Waals surface area contributed by atoms with Crippen LogP contribution in [0.25, 0.3) is 0 Å². The number of rotatable bonds is 7. The lowest BCUT2D eigenvalue weighted by molar-refractivity contribution is -0.385. The van der Waals surface area contributed by atoms with Crippen LogP contribution >= 0.6 is 0 Å². The van der Waals surface area contributed by atoms with E-state index in [1.807, 2.05) is 0 Å². The highest BCUT2D eigenvalue weighted by molar-refractivity contribution is 5.35. The normalized spacial score (nSPS) is 16.6. The molecule has 0 saturated heterocycles. The van der Waals surface area contributed by atoms with Gasteiger partial charge in [0.2, 0.25) is 0 Å². The fourth-order valence-corrected chi connectivity index (χ4v) is 2.19. The highest BCUT2D eigenvalue weighted by Gasteiger charge is 2.25. The molecule has 1 aliphatic carbocycles. The number of nitro benzene ring substituents is 1. The van der Waals surface area contributed by atoms with Crippen LogP contribution in [0.2, 0.25) is 0 Å². The van der Waals surface area contributed by atoms with Crippen molar-refractivity contribution in [2.45, 2.75) is 25.9 Å². The summed E-state index contributed by atoms with van der Waals surface area (Å²) >= 11 is 0. The molecule has 0 bridgehead atoms. The van der Waals surface area contributed by atoms with E-state index in [9.17, 15) is 15.2 Å². The number of non-ortho nitro benzene ring substituents is 1. The van der Waals surface area contributed by atoms with E-state index in [0.29, 0.717) is 12.1 Å². The van der Waals surface area contributed by atoms with Crippen molar-refractivity contribution in [3.63, 3.8) is 0 Å². The van der Waals surface area contributed by atoms with Crippen molar-refractivity contribution in [3.8, 4) is 0 Å². The predicted molar refractivity (Wildman–Crippen MR) is 72.9 cm³/mol. The Hall–Kier alpha value is -1.46. The highest BCUT2D eigenvalue weighted by Crippen LogP contribution is 2.30. The zero-order chi connectivity index (χ0) is 13.8. The summed E-state index contributed by atoms with van der Waals surface area (Å²) in [6.45, 7) is 4.52. The van der Waals surface area contributed by atoms with Crippen LogP contribution in [0, 0.1) is 16.0 Å². The van der Waals surface area contributed by atoms with Gasteiger partial charge in [-0.15, -0.1) is 0 Å². The maximum Gasteiger partial charge on any atom is 0.269 e. The first-order valence-corrected chi connectivity index (χ1v) is 6.75. The van der Waals surface area contributed by atoms with Crippen LogP contribution in [-0.4, -0.2) is 34.6 Å². The summed E-state index contributed by atoms with van der Waals surface area (Å²) in [6, 6.07) is 6.25. The van der Waals surface area contributed by atoms with Crippen molar-refractivity contribution in [1.29, 1.82) is 0 Å². The summed E-state index contributed by atoms with van der Waals surface area (Å²) in [5.74, 6) is 0.775. The Morgan fingerprint density at radius 2 is 2.26 bits per heavy atom. The molecular formula is C14H20N2O3. The number of aliphatic hydroxyl groups is 1. The quantitative estimate of drug-likeness (QED) is 0.606. The van der Waals surface area contributed by atoms with Gasteiger partial charge in [0.25, 0.3) is 5.69 Å². The van der Waals surface area contributed by atoms with Crippen molar-refractivity contribution in [2.75, 3.05) is 19.6 Å². The molecule has 19 heavy (non-hydrogen) atoms. The molecule has 0 heterocycles. The van der Waals surface area contributed by atoms with Crippen molar-refractivity contribution in [3.05, 3.63) is 39.9 Å². The van der Waals surface area contributed by atoms with E-state index in [1.54, 1.807) is 12.1 Å². The molecule has 1 aromatic rings. The number of hydrogen-bond acceptors (Lipinski definition) is 4. The topological polar surface area (TPSA) is 66.6 Å². The van der Waals surface area contributed by atoms with E-state index >= 15 is 0 Å². The Bertz CT molecular complexity index is 446. The Kier molecular flexibility index (Phi) is 4.50. The van der Waals surface area contributed by atoms with Crippen molar-refractivity contribution >= 4 is 5.69 Å². The van der Waals surface area contributed by atoms with Crippen LogP contribution in [0.4, 0.5) is 5.69 Å². The van der Waals surface area contributed by atoms with Crippen LogP contribution in [-0.2, 0) is 0 Å². The lowest BCUT2D eigenvalue weighted by Gasteiger charge is -2.23. The molecule has 5 heteroatoms. The van der Waals surface area contributed by atoms with Crippen LogP contribution in [0.15, 0.2) is 24.3 Å². The zero-order valence-electron chi connectivity index (χ0n) is 11.2. The van der Waals surface area contributed by atoms with Crippen LogP contribution in [0.3, 0.4) is 0 Å². The van der Waals surface area contributed by atoms with Crippen LogP contribution in [0.1, 0.15) is 31.4 Å². The first kappa shape index (κ1) is 14.0. The van der Waals surface area contributed by atoms with E-state index in [1.165, 1.54) is 25.0 Å². The highest BCUT2D eigenvalue weighted by atomic mass is 16.6. The maximum atomic E-state index is 10.7. The number of nitro groups is 1. The smallest absolute Gasteiger partial charge is 0.269 e. The van der Waals surface area contributed by atoms with Gasteiger partial charge in [0.15, 0.2) is 0 Å². The maximum absolute atomic E-state index is 10.7. The van der Waals surface area contributed by atoms with Gasteiger partial charge in [-0.2, -0.15) is 0 Å². The zero-order valence-corrected chi connectivity index (χ0v) is 11.2. The second kappa shape index (κ2) is 6.12. The summed E-state index contributed by atoms with van der Waals surface area (Å²) in [5, 5.41) is 20.9. The van der Waals surface area contributed by atoms with E-state index in [-0.39, 0.29) is 5.69 Å². The van der Waals surface area contributed by atoms with Gasteiger partial charge in [-0.3, -0.25) is 10.1 Å². The van der Waals surface area contributed by atoms with Crippen molar-refractivity contribution in [2.24, 2.45) is 5.92 Å². The molecule has 0 aromatic heterocycles. The Labute approximate surface area is 113 Å². The lowest BCUT2D eigenvalue weighted by atomic mass is 10.1. The van der Waals surface area contributed by atoms with E-state index in [2.05, 4.69) is 11.8 Å². The first-order valence-electron chi connectivity index (χ1n) is 6.75. The average Bonchev–Trinajstić information content (AvgIpc) is 3.22. The molecule has 0 spiro atoms. The molecule has 2 rings (SSSR count). The van der Waals surface area contributed by atoms with Gasteiger partial charge in [0.1, 0.15) is 0 Å². The fraction of sp³-hybridized carbons (Fsp3) is 0.571. The van der Waals surface area contributed by atoms with Crippen molar-refractivity contribution in [1.82, 2.24) is 4.90 Å². The minimum atomic E-state index is -0.668. The second-order valence-corrected chi connectivity index (χ2v) is 5.16. The van der Waals surface area contributed by atoms with Gasteiger partial charge in [-0.05, 0) is 30.9 Å². The van der Waals surface area contributed by atoms with Crippen molar-refractivity contribution < 1.29 is 10.0 Å². The number of nitrogens with zero attached hydrogens (tertiary/aromatic N) is 2. The van der Waals surface area contributed by atoms with Gasteiger partial charge in [0.05, 0.1) is 11.0 Å². The molecule has 104 valence electrons. The molecule has 1 fully saturated rings.